The topological polar surface area (TPSA) is 102 Å². The molecular formula is C15H11N3O4. The van der Waals surface area contributed by atoms with Crippen molar-refractivity contribution in [1.82, 2.24) is 0 Å². The third-order valence-corrected chi connectivity index (χ3v) is 3.23. The predicted octanol–water partition coefficient (Wildman–Crippen LogP) is 2.83. The monoisotopic (exact) mass is 297 g/mol. The van der Waals surface area contributed by atoms with Gasteiger partial charge in [0, 0.05) is 11.8 Å². The maximum Gasteiger partial charge on any atom is 0.312 e. The Balaban J connectivity index is 2.18. The third-order valence-electron chi connectivity index (χ3n) is 3.23. The third kappa shape index (κ3) is 2.35. The molecule has 7 nitrogen and oxygen atoms in total. The lowest BCUT2D eigenvalue weighted by atomic mass is 10.1. The van der Waals surface area contributed by atoms with Crippen LogP contribution in [0.15, 0.2) is 54.7 Å². The van der Waals surface area contributed by atoms with Crippen molar-refractivity contribution in [2.75, 3.05) is 5.32 Å². The van der Waals surface area contributed by atoms with Gasteiger partial charge in [0.2, 0.25) is 11.7 Å². The van der Waals surface area contributed by atoms with E-state index >= 15 is 0 Å². The van der Waals surface area contributed by atoms with E-state index in [0.717, 1.165) is 6.20 Å². The molecule has 110 valence electrons. The van der Waals surface area contributed by atoms with Crippen molar-refractivity contribution < 1.29 is 14.8 Å². The Labute approximate surface area is 124 Å². The molecule has 0 unspecified atom stereocenters. The van der Waals surface area contributed by atoms with E-state index in [2.05, 4.69) is 5.32 Å². The van der Waals surface area contributed by atoms with Gasteiger partial charge in [-0.05, 0) is 30.3 Å². The fraction of sp³-hybridized carbons (Fsp3) is 0. The molecule has 3 rings (SSSR count). The quantitative estimate of drug-likeness (QED) is 0.254. The van der Waals surface area contributed by atoms with Crippen LogP contribution in [0.25, 0.3) is 10.9 Å². The predicted molar refractivity (Wildman–Crippen MR) is 81.0 cm³/mol. The molecule has 0 saturated carbocycles. The summed E-state index contributed by atoms with van der Waals surface area (Å²) >= 11 is 0. The molecule has 0 saturated heterocycles. The fourth-order valence-corrected chi connectivity index (χ4v) is 2.25. The summed E-state index contributed by atoms with van der Waals surface area (Å²) < 4.78 is 0.588. The van der Waals surface area contributed by atoms with Crippen molar-refractivity contribution in [2.24, 2.45) is 0 Å². The van der Waals surface area contributed by atoms with E-state index < -0.39 is 4.92 Å². The van der Waals surface area contributed by atoms with Crippen molar-refractivity contribution in [3.05, 3.63) is 70.0 Å². The molecule has 1 heterocycles. The Bertz CT molecular complexity index is 863. The molecule has 0 spiro atoms. The average molecular weight is 297 g/mol. The van der Waals surface area contributed by atoms with E-state index in [1.165, 1.54) is 24.3 Å². The number of fused-ring (bicyclic) bond motifs is 1. The molecule has 2 N–H and O–H groups in total. The first-order valence-corrected chi connectivity index (χ1v) is 6.41. The fourth-order valence-electron chi connectivity index (χ4n) is 2.25. The molecule has 1 aromatic heterocycles. The first kappa shape index (κ1) is 13.6. The van der Waals surface area contributed by atoms with E-state index in [1.807, 2.05) is 0 Å². The molecule has 0 bridgehead atoms. The Morgan fingerprint density at radius 1 is 1.09 bits per heavy atom. The summed E-state index contributed by atoms with van der Waals surface area (Å²) in [4.78, 5) is 10.9. The number of anilines is 2. The van der Waals surface area contributed by atoms with E-state index in [1.54, 1.807) is 24.3 Å². The minimum Gasteiger partial charge on any atom is -0.618 e. The number of hydrogen-bond donors (Lipinski definition) is 2. The van der Waals surface area contributed by atoms with Crippen molar-refractivity contribution >= 4 is 28.0 Å². The van der Waals surface area contributed by atoms with Crippen LogP contribution < -0.4 is 10.0 Å². The molecule has 0 amide bonds. The Morgan fingerprint density at radius 3 is 2.45 bits per heavy atom. The van der Waals surface area contributed by atoms with Gasteiger partial charge in [0.15, 0.2) is 5.69 Å². The summed E-state index contributed by atoms with van der Waals surface area (Å²) in [5, 5.41) is 35.8. The van der Waals surface area contributed by atoms with Crippen LogP contribution in [0.3, 0.4) is 0 Å². The van der Waals surface area contributed by atoms with Crippen LogP contribution in [0.5, 0.6) is 5.75 Å². The first-order valence-electron chi connectivity index (χ1n) is 6.41. The van der Waals surface area contributed by atoms with Gasteiger partial charge in [0.25, 0.3) is 0 Å². The van der Waals surface area contributed by atoms with E-state index in [4.69, 9.17) is 0 Å². The van der Waals surface area contributed by atoms with Gasteiger partial charge in [-0.15, -0.1) is 0 Å². The largest absolute Gasteiger partial charge is 0.618 e. The minimum absolute atomic E-state index is 0.0810. The average Bonchev–Trinajstić information content (AvgIpc) is 2.49. The number of aromatic hydroxyl groups is 1. The highest BCUT2D eigenvalue weighted by molar-refractivity contribution is 5.92. The van der Waals surface area contributed by atoms with E-state index in [9.17, 15) is 20.4 Å². The van der Waals surface area contributed by atoms with Crippen LogP contribution in [-0.4, -0.2) is 10.0 Å². The zero-order valence-corrected chi connectivity index (χ0v) is 11.3. The highest BCUT2D eigenvalue weighted by atomic mass is 16.6. The lowest BCUT2D eigenvalue weighted by Crippen LogP contribution is -2.27. The SMILES string of the molecule is O=[N+]([O-])c1c(Nc2ccc(O)cc2)c[n+]([O-])c2ccccc12. The number of rotatable bonds is 3. The number of phenolic OH excluding ortho intramolecular Hbond substituents is 1. The highest BCUT2D eigenvalue weighted by Crippen LogP contribution is 2.33. The van der Waals surface area contributed by atoms with Crippen LogP contribution in [0, 0.1) is 15.3 Å². The smallest absolute Gasteiger partial charge is 0.312 e. The summed E-state index contributed by atoms with van der Waals surface area (Å²) in [5.41, 5.74) is 0.668. The number of nitrogens with zero attached hydrogens (tertiary/aromatic N) is 2. The Kier molecular flexibility index (Phi) is 3.23. The van der Waals surface area contributed by atoms with E-state index in [-0.39, 0.29) is 28.0 Å². The second-order valence-electron chi connectivity index (χ2n) is 4.66. The molecular weight excluding hydrogens is 286 g/mol. The van der Waals surface area contributed by atoms with Gasteiger partial charge in [0.1, 0.15) is 11.1 Å². The standard InChI is InChI=1S/C15H11N3O4/c19-11-7-5-10(6-8-11)16-13-9-17(20)14-4-2-1-3-12(14)15(13)18(21)22/h1-9,16,19H. The zero-order chi connectivity index (χ0) is 15.7. The van der Waals surface area contributed by atoms with Crippen LogP contribution >= 0.6 is 0 Å². The second kappa shape index (κ2) is 5.21. The molecule has 0 radical (unpaired) electrons. The highest BCUT2D eigenvalue weighted by Gasteiger charge is 2.24. The summed E-state index contributed by atoms with van der Waals surface area (Å²) in [7, 11) is 0. The lowest BCUT2D eigenvalue weighted by Gasteiger charge is -2.09. The second-order valence-corrected chi connectivity index (χ2v) is 4.66. The van der Waals surface area contributed by atoms with Gasteiger partial charge < -0.3 is 15.6 Å². The number of pyridine rings is 1. The Morgan fingerprint density at radius 2 is 1.77 bits per heavy atom. The van der Waals surface area contributed by atoms with Gasteiger partial charge in [-0.3, -0.25) is 10.1 Å². The molecule has 0 fully saturated rings. The van der Waals surface area contributed by atoms with Gasteiger partial charge in [0.05, 0.1) is 4.92 Å². The lowest BCUT2D eigenvalue weighted by molar-refractivity contribution is -0.576. The van der Waals surface area contributed by atoms with Crippen molar-refractivity contribution in [3.63, 3.8) is 0 Å². The van der Waals surface area contributed by atoms with Gasteiger partial charge >= 0.3 is 5.69 Å². The van der Waals surface area contributed by atoms with E-state index in [0.29, 0.717) is 10.4 Å². The number of nitrogens with one attached hydrogen (secondary N) is 1. The number of hydrogen-bond acceptors (Lipinski definition) is 5. The molecule has 2 aromatic carbocycles. The summed E-state index contributed by atoms with van der Waals surface area (Å²) in [6.45, 7) is 0. The Hall–Kier alpha value is -3.35. The molecule has 0 aliphatic carbocycles. The maximum atomic E-state index is 12.0. The number of aromatic nitrogens is 1. The van der Waals surface area contributed by atoms with Gasteiger partial charge in [-0.1, -0.05) is 12.1 Å². The molecule has 22 heavy (non-hydrogen) atoms. The van der Waals surface area contributed by atoms with Crippen LogP contribution in [0.2, 0.25) is 0 Å². The normalized spacial score (nSPS) is 10.5. The summed E-state index contributed by atoms with van der Waals surface area (Å²) in [5.74, 6) is 0.0810. The van der Waals surface area contributed by atoms with Gasteiger partial charge in [-0.25, -0.2) is 0 Å². The van der Waals surface area contributed by atoms with Crippen LogP contribution in [0.4, 0.5) is 17.1 Å². The van der Waals surface area contributed by atoms with Crippen LogP contribution in [0.1, 0.15) is 0 Å². The zero-order valence-electron chi connectivity index (χ0n) is 11.3. The van der Waals surface area contributed by atoms with Crippen molar-refractivity contribution in [3.8, 4) is 5.75 Å². The number of phenols is 1. The van der Waals surface area contributed by atoms with Gasteiger partial charge in [-0.2, -0.15) is 4.73 Å². The molecule has 0 aliphatic heterocycles. The molecule has 3 aromatic rings. The minimum atomic E-state index is -0.523. The number of nitro groups is 1. The maximum absolute atomic E-state index is 12.0. The van der Waals surface area contributed by atoms with Crippen molar-refractivity contribution in [1.29, 1.82) is 0 Å². The molecule has 0 atom stereocenters. The molecule has 0 aliphatic rings. The number of benzene rings is 2. The number of para-hydroxylation sites is 1. The summed E-state index contributed by atoms with van der Waals surface area (Å²) in [6, 6.07) is 12.4. The van der Waals surface area contributed by atoms with Crippen LogP contribution in [-0.2, 0) is 0 Å². The molecule has 7 heteroatoms. The first-order chi connectivity index (χ1) is 10.6. The summed E-state index contributed by atoms with van der Waals surface area (Å²) in [6.07, 6.45) is 1.13. The van der Waals surface area contributed by atoms with Crippen molar-refractivity contribution in [2.45, 2.75) is 0 Å².